The maximum absolute atomic E-state index is 6.09. The second kappa shape index (κ2) is 7.34. The molecule has 102 valence electrons. The first kappa shape index (κ1) is 14.9. The Morgan fingerprint density at radius 2 is 1.47 bits per heavy atom. The van der Waals surface area contributed by atoms with Crippen molar-refractivity contribution in [3.63, 3.8) is 0 Å². The number of nitrogens with zero attached hydrogens (tertiary/aromatic N) is 2. The van der Waals surface area contributed by atoms with Crippen molar-refractivity contribution in [2.75, 3.05) is 39.3 Å². The van der Waals surface area contributed by atoms with E-state index in [2.05, 4.69) is 37.5 Å². The maximum Gasteiger partial charge on any atom is 0.0110 e. The van der Waals surface area contributed by atoms with Gasteiger partial charge in [0, 0.05) is 38.8 Å². The lowest BCUT2D eigenvalue weighted by Crippen LogP contribution is -2.48. The van der Waals surface area contributed by atoms with E-state index < -0.39 is 0 Å². The Labute approximate surface area is 107 Å². The summed E-state index contributed by atoms with van der Waals surface area (Å²) in [5.74, 6) is 1.40. The molecule has 0 aromatic heterocycles. The molecule has 0 saturated carbocycles. The fourth-order valence-corrected chi connectivity index (χ4v) is 2.38. The van der Waals surface area contributed by atoms with Crippen molar-refractivity contribution in [1.29, 1.82) is 0 Å². The molecule has 1 fully saturated rings. The summed E-state index contributed by atoms with van der Waals surface area (Å²) >= 11 is 0. The number of hydrogen-bond acceptors (Lipinski definition) is 3. The van der Waals surface area contributed by atoms with E-state index in [0.717, 1.165) is 12.3 Å². The number of rotatable bonds is 6. The summed E-state index contributed by atoms with van der Waals surface area (Å²) in [5, 5.41) is 0. The van der Waals surface area contributed by atoms with E-state index in [0.29, 0.717) is 12.0 Å². The molecule has 3 heteroatoms. The van der Waals surface area contributed by atoms with Crippen LogP contribution in [0, 0.1) is 11.8 Å². The molecular formula is C14H31N3. The molecule has 0 amide bonds. The third-order valence-corrected chi connectivity index (χ3v) is 3.72. The maximum atomic E-state index is 6.09. The molecule has 0 bridgehead atoms. The van der Waals surface area contributed by atoms with Crippen molar-refractivity contribution in [2.24, 2.45) is 17.6 Å². The Morgan fingerprint density at radius 1 is 0.941 bits per heavy atom. The van der Waals surface area contributed by atoms with Crippen molar-refractivity contribution < 1.29 is 0 Å². The molecule has 1 atom stereocenters. The highest BCUT2D eigenvalue weighted by Crippen LogP contribution is 2.08. The molecule has 1 rings (SSSR count). The van der Waals surface area contributed by atoms with Crippen molar-refractivity contribution in [3.8, 4) is 0 Å². The Morgan fingerprint density at radius 3 is 1.94 bits per heavy atom. The molecule has 0 spiro atoms. The van der Waals surface area contributed by atoms with Crippen LogP contribution in [0.5, 0.6) is 0 Å². The molecular weight excluding hydrogens is 210 g/mol. The van der Waals surface area contributed by atoms with Gasteiger partial charge in [0.15, 0.2) is 0 Å². The molecule has 0 radical (unpaired) electrons. The smallest absolute Gasteiger partial charge is 0.0110 e. The van der Waals surface area contributed by atoms with Crippen molar-refractivity contribution >= 4 is 0 Å². The van der Waals surface area contributed by atoms with Gasteiger partial charge >= 0.3 is 0 Å². The lowest BCUT2D eigenvalue weighted by Gasteiger charge is -2.36. The fourth-order valence-electron chi connectivity index (χ4n) is 2.38. The minimum Gasteiger partial charge on any atom is -0.327 e. The molecule has 0 aliphatic carbocycles. The first-order valence-electron chi connectivity index (χ1n) is 7.19. The monoisotopic (exact) mass is 241 g/mol. The van der Waals surface area contributed by atoms with Gasteiger partial charge < -0.3 is 15.5 Å². The van der Waals surface area contributed by atoms with Gasteiger partial charge in [0.25, 0.3) is 0 Å². The van der Waals surface area contributed by atoms with Gasteiger partial charge in [-0.25, -0.2) is 0 Å². The van der Waals surface area contributed by atoms with E-state index in [1.807, 2.05) is 0 Å². The zero-order valence-corrected chi connectivity index (χ0v) is 12.2. The molecule has 1 aliphatic rings. The minimum absolute atomic E-state index is 0.365. The van der Waals surface area contributed by atoms with Gasteiger partial charge in [0.1, 0.15) is 0 Å². The average molecular weight is 241 g/mol. The van der Waals surface area contributed by atoms with Crippen LogP contribution in [0.15, 0.2) is 0 Å². The standard InChI is InChI=1S/C14H31N3/c1-12(2)11-17-9-7-16(8-10-17)6-5-14(15)13(3)4/h12-14H,5-11,15H2,1-4H3. The molecule has 0 aromatic carbocycles. The highest BCUT2D eigenvalue weighted by molar-refractivity contribution is 4.75. The summed E-state index contributed by atoms with van der Waals surface area (Å²) in [6.45, 7) is 16.4. The van der Waals surface area contributed by atoms with Gasteiger partial charge in [-0.3, -0.25) is 0 Å². The zero-order chi connectivity index (χ0) is 12.8. The highest BCUT2D eigenvalue weighted by Gasteiger charge is 2.18. The Hall–Kier alpha value is -0.120. The van der Waals surface area contributed by atoms with Crippen molar-refractivity contribution in [2.45, 2.75) is 40.2 Å². The van der Waals surface area contributed by atoms with E-state index >= 15 is 0 Å². The van der Waals surface area contributed by atoms with Gasteiger partial charge in [0.05, 0.1) is 0 Å². The number of piperazine rings is 1. The van der Waals surface area contributed by atoms with Crippen LogP contribution >= 0.6 is 0 Å². The summed E-state index contributed by atoms with van der Waals surface area (Å²) in [6, 6.07) is 0.365. The molecule has 3 nitrogen and oxygen atoms in total. The fraction of sp³-hybridized carbons (Fsp3) is 1.00. The number of nitrogens with two attached hydrogens (primary N) is 1. The van der Waals surface area contributed by atoms with Crippen LogP contribution in [0.4, 0.5) is 0 Å². The van der Waals surface area contributed by atoms with E-state index in [1.54, 1.807) is 0 Å². The summed E-state index contributed by atoms with van der Waals surface area (Å²) in [4.78, 5) is 5.16. The zero-order valence-electron chi connectivity index (χ0n) is 12.2. The van der Waals surface area contributed by atoms with Crippen molar-refractivity contribution in [3.05, 3.63) is 0 Å². The molecule has 1 saturated heterocycles. The van der Waals surface area contributed by atoms with Crippen LogP contribution < -0.4 is 5.73 Å². The predicted octanol–water partition coefficient (Wildman–Crippen LogP) is 1.63. The van der Waals surface area contributed by atoms with Crippen LogP contribution in [0.2, 0.25) is 0 Å². The second-order valence-corrected chi connectivity index (χ2v) is 6.23. The van der Waals surface area contributed by atoms with E-state index in [-0.39, 0.29) is 0 Å². The molecule has 1 heterocycles. The summed E-state index contributed by atoms with van der Waals surface area (Å²) < 4.78 is 0. The molecule has 0 aromatic rings. The first-order valence-corrected chi connectivity index (χ1v) is 7.19. The van der Waals surface area contributed by atoms with E-state index in [4.69, 9.17) is 5.73 Å². The van der Waals surface area contributed by atoms with Crippen LogP contribution in [-0.4, -0.2) is 55.1 Å². The predicted molar refractivity (Wildman–Crippen MR) is 75.1 cm³/mol. The van der Waals surface area contributed by atoms with E-state index in [1.165, 1.54) is 39.3 Å². The number of hydrogen-bond donors (Lipinski definition) is 1. The van der Waals surface area contributed by atoms with Gasteiger partial charge in [-0.05, 0) is 24.8 Å². The van der Waals surface area contributed by atoms with Crippen LogP contribution in [-0.2, 0) is 0 Å². The Kier molecular flexibility index (Phi) is 6.45. The highest BCUT2D eigenvalue weighted by atomic mass is 15.3. The molecule has 17 heavy (non-hydrogen) atoms. The first-order chi connectivity index (χ1) is 7.99. The Balaban J connectivity index is 2.15. The molecule has 2 N–H and O–H groups in total. The lowest BCUT2D eigenvalue weighted by atomic mass is 10.0. The normalized spacial score (nSPS) is 21.4. The average Bonchev–Trinajstić information content (AvgIpc) is 2.26. The minimum atomic E-state index is 0.365. The molecule has 1 unspecified atom stereocenters. The SMILES string of the molecule is CC(C)CN1CCN(CCC(N)C(C)C)CC1. The quantitative estimate of drug-likeness (QED) is 0.767. The topological polar surface area (TPSA) is 32.5 Å². The van der Waals surface area contributed by atoms with Gasteiger partial charge in [-0.2, -0.15) is 0 Å². The van der Waals surface area contributed by atoms with Gasteiger partial charge in [0.2, 0.25) is 0 Å². The third-order valence-electron chi connectivity index (χ3n) is 3.72. The van der Waals surface area contributed by atoms with Crippen LogP contribution in [0.25, 0.3) is 0 Å². The third kappa shape index (κ3) is 5.84. The second-order valence-electron chi connectivity index (χ2n) is 6.23. The van der Waals surface area contributed by atoms with Crippen molar-refractivity contribution in [1.82, 2.24) is 9.80 Å². The van der Waals surface area contributed by atoms with Crippen LogP contribution in [0.3, 0.4) is 0 Å². The van der Waals surface area contributed by atoms with E-state index in [9.17, 15) is 0 Å². The molecule has 1 aliphatic heterocycles. The largest absolute Gasteiger partial charge is 0.327 e. The van der Waals surface area contributed by atoms with Crippen LogP contribution in [0.1, 0.15) is 34.1 Å². The summed E-state index contributed by atoms with van der Waals surface area (Å²) in [5.41, 5.74) is 6.09. The Bertz CT molecular complexity index is 196. The van der Waals surface area contributed by atoms with Gasteiger partial charge in [-0.1, -0.05) is 27.7 Å². The lowest BCUT2D eigenvalue weighted by molar-refractivity contribution is 0.118. The summed E-state index contributed by atoms with van der Waals surface area (Å²) in [6.07, 6.45) is 1.14. The van der Waals surface area contributed by atoms with Gasteiger partial charge in [-0.15, -0.1) is 0 Å². The summed E-state index contributed by atoms with van der Waals surface area (Å²) in [7, 11) is 0.